The summed E-state index contributed by atoms with van der Waals surface area (Å²) in [5.74, 6) is 1.62. The van der Waals surface area contributed by atoms with Crippen LogP contribution in [0.15, 0.2) is 12.3 Å². The summed E-state index contributed by atoms with van der Waals surface area (Å²) in [6.45, 7) is 3.41. The molecule has 0 aliphatic carbocycles. The first kappa shape index (κ1) is 13.0. The molecule has 6 heteroatoms. The standard InChI is InChI=1S/C12H21N5O/c1-16(2)6-7-17(3)12-13-5-4-11(15-12)14-10-8-18-9-10/h4-5,10H,6-9H2,1-3H3,(H,13,14,15). The molecule has 1 aromatic rings. The van der Waals surface area contributed by atoms with Crippen LogP contribution in [-0.2, 0) is 4.74 Å². The van der Waals surface area contributed by atoms with E-state index in [4.69, 9.17) is 4.74 Å². The molecule has 1 N–H and O–H groups in total. The summed E-state index contributed by atoms with van der Waals surface area (Å²) in [6.07, 6.45) is 1.79. The highest BCUT2D eigenvalue weighted by Gasteiger charge is 2.18. The van der Waals surface area contributed by atoms with Crippen LogP contribution in [0.3, 0.4) is 0 Å². The maximum atomic E-state index is 5.13. The number of likely N-dealkylation sites (N-methyl/N-ethyl adjacent to an activating group) is 2. The first-order valence-electron chi connectivity index (χ1n) is 6.18. The predicted molar refractivity (Wildman–Crippen MR) is 72.1 cm³/mol. The molecule has 0 saturated carbocycles. The molecule has 18 heavy (non-hydrogen) atoms. The number of hydrogen-bond acceptors (Lipinski definition) is 6. The maximum Gasteiger partial charge on any atom is 0.227 e. The third-order valence-corrected chi connectivity index (χ3v) is 2.86. The quantitative estimate of drug-likeness (QED) is 0.784. The van der Waals surface area contributed by atoms with E-state index >= 15 is 0 Å². The molecule has 0 atom stereocenters. The van der Waals surface area contributed by atoms with Gasteiger partial charge in [-0.2, -0.15) is 4.98 Å². The molecule has 2 rings (SSSR count). The highest BCUT2D eigenvalue weighted by molar-refractivity contribution is 5.41. The Morgan fingerprint density at radius 2 is 2.11 bits per heavy atom. The summed E-state index contributed by atoms with van der Waals surface area (Å²) in [7, 11) is 6.13. The van der Waals surface area contributed by atoms with Crippen LogP contribution in [0.25, 0.3) is 0 Å². The summed E-state index contributed by atoms with van der Waals surface area (Å²) in [4.78, 5) is 13.0. The highest BCUT2D eigenvalue weighted by Crippen LogP contribution is 2.12. The Bertz CT molecular complexity index is 380. The number of nitrogens with zero attached hydrogens (tertiary/aromatic N) is 4. The molecule has 0 spiro atoms. The van der Waals surface area contributed by atoms with Crippen LogP contribution in [0.2, 0.25) is 0 Å². The lowest BCUT2D eigenvalue weighted by Crippen LogP contribution is -2.40. The zero-order chi connectivity index (χ0) is 13.0. The molecule has 0 bridgehead atoms. The van der Waals surface area contributed by atoms with Gasteiger partial charge in [-0.25, -0.2) is 4.98 Å². The molecule has 0 amide bonds. The molecule has 0 radical (unpaired) electrons. The molecule has 1 aromatic heterocycles. The van der Waals surface area contributed by atoms with Crippen molar-refractivity contribution in [2.45, 2.75) is 6.04 Å². The molecule has 1 aliphatic rings. The van der Waals surface area contributed by atoms with E-state index in [2.05, 4.69) is 39.2 Å². The van der Waals surface area contributed by atoms with E-state index < -0.39 is 0 Å². The van der Waals surface area contributed by atoms with Crippen LogP contribution in [0.4, 0.5) is 11.8 Å². The van der Waals surface area contributed by atoms with Gasteiger partial charge in [0.1, 0.15) is 5.82 Å². The van der Waals surface area contributed by atoms with Crippen LogP contribution in [0, 0.1) is 0 Å². The fraction of sp³-hybridized carbons (Fsp3) is 0.667. The third-order valence-electron chi connectivity index (χ3n) is 2.86. The van der Waals surface area contributed by atoms with Crippen molar-refractivity contribution in [3.05, 3.63) is 12.3 Å². The summed E-state index contributed by atoms with van der Waals surface area (Å²) in [5, 5.41) is 3.33. The van der Waals surface area contributed by atoms with Crippen LogP contribution >= 0.6 is 0 Å². The fourth-order valence-electron chi connectivity index (χ4n) is 1.59. The molecular formula is C12H21N5O. The average Bonchev–Trinajstić information content (AvgIpc) is 2.31. The molecule has 2 heterocycles. The van der Waals surface area contributed by atoms with Crippen molar-refractivity contribution >= 4 is 11.8 Å². The zero-order valence-electron chi connectivity index (χ0n) is 11.3. The Morgan fingerprint density at radius 3 is 2.72 bits per heavy atom. The molecule has 0 aromatic carbocycles. The molecule has 100 valence electrons. The predicted octanol–water partition coefficient (Wildman–Crippen LogP) is 0.285. The molecular weight excluding hydrogens is 230 g/mol. The van der Waals surface area contributed by atoms with Crippen LogP contribution in [-0.4, -0.2) is 68.4 Å². The largest absolute Gasteiger partial charge is 0.377 e. The normalized spacial score (nSPS) is 15.6. The van der Waals surface area contributed by atoms with Gasteiger partial charge in [0.05, 0.1) is 19.3 Å². The van der Waals surface area contributed by atoms with E-state index in [0.717, 1.165) is 38.1 Å². The Kier molecular flexibility index (Phi) is 4.33. The minimum Gasteiger partial charge on any atom is -0.377 e. The van der Waals surface area contributed by atoms with Crippen LogP contribution in [0.5, 0.6) is 0 Å². The lowest BCUT2D eigenvalue weighted by atomic mass is 10.2. The summed E-state index contributed by atoms with van der Waals surface area (Å²) >= 11 is 0. The van der Waals surface area contributed by atoms with Gasteiger partial charge < -0.3 is 19.9 Å². The summed E-state index contributed by atoms with van der Waals surface area (Å²) in [5.41, 5.74) is 0. The zero-order valence-corrected chi connectivity index (χ0v) is 11.3. The van der Waals surface area contributed by atoms with Crippen molar-refractivity contribution in [2.24, 2.45) is 0 Å². The first-order chi connectivity index (χ1) is 8.65. The Balaban J connectivity index is 1.92. The Morgan fingerprint density at radius 1 is 1.33 bits per heavy atom. The second kappa shape index (κ2) is 5.97. The van der Waals surface area contributed by atoms with Gasteiger partial charge in [-0.3, -0.25) is 0 Å². The van der Waals surface area contributed by atoms with Crippen molar-refractivity contribution in [1.29, 1.82) is 0 Å². The Labute approximate surface area is 108 Å². The van der Waals surface area contributed by atoms with Gasteiger partial charge in [0.15, 0.2) is 0 Å². The molecule has 1 aliphatic heterocycles. The van der Waals surface area contributed by atoms with Gasteiger partial charge in [0.25, 0.3) is 0 Å². The van der Waals surface area contributed by atoms with E-state index in [1.54, 1.807) is 6.20 Å². The molecule has 0 unspecified atom stereocenters. The van der Waals surface area contributed by atoms with E-state index in [-0.39, 0.29) is 0 Å². The molecule has 6 nitrogen and oxygen atoms in total. The highest BCUT2D eigenvalue weighted by atomic mass is 16.5. The molecule has 1 saturated heterocycles. The lowest BCUT2D eigenvalue weighted by molar-refractivity contribution is 0.0209. The van der Waals surface area contributed by atoms with E-state index in [1.807, 2.05) is 13.1 Å². The van der Waals surface area contributed by atoms with Crippen molar-refractivity contribution in [3.63, 3.8) is 0 Å². The van der Waals surface area contributed by atoms with Crippen LogP contribution in [0.1, 0.15) is 0 Å². The summed E-state index contributed by atoms with van der Waals surface area (Å²) in [6, 6.07) is 2.28. The van der Waals surface area contributed by atoms with E-state index in [1.165, 1.54) is 0 Å². The monoisotopic (exact) mass is 251 g/mol. The van der Waals surface area contributed by atoms with Crippen molar-refractivity contribution in [1.82, 2.24) is 14.9 Å². The van der Waals surface area contributed by atoms with Crippen molar-refractivity contribution in [2.75, 3.05) is 57.7 Å². The van der Waals surface area contributed by atoms with Gasteiger partial charge in [-0.05, 0) is 20.2 Å². The maximum absolute atomic E-state index is 5.13. The minimum atomic E-state index is 0.389. The molecule has 1 fully saturated rings. The first-order valence-corrected chi connectivity index (χ1v) is 6.18. The fourth-order valence-corrected chi connectivity index (χ4v) is 1.59. The van der Waals surface area contributed by atoms with Crippen molar-refractivity contribution < 1.29 is 4.74 Å². The SMILES string of the molecule is CN(C)CCN(C)c1nccc(NC2COC2)n1. The third kappa shape index (κ3) is 3.54. The summed E-state index contributed by atoms with van der Waals surface area (Å²) < 4.78 is 5.13. The number of hydrogen-bond donors (Lipinski definition) is 1. The van der Waals surface area contributed by atoms with Gasteiger partial charge in [0, 0.05) is 26.3 Å². The number of aromatic nitrogens is 2. The second-order valence-corrected chi connectivity index (χ2v) is 4.85. The van der Waals surface area contributed by atoms with Gasteiger partial charge in [0.2, 0.25) is 5.95 Å². The number of nitrogens with one attached hydrogen (secondary N) is 1. The van der Waals surface area contributed by atoms with E-state index in [0.29, 0.717) is 6.04 Å². The average molecular weight is 251 g/mol. The van der Waals surface area contributed by atoms with E-state index in [9.17, 15) is 0 Å². The lowest BCUT2D eigenvalue weighted by Gasteiger charge is -2.27. The second-order valence-electron chi connectivity index (χ2n) is 4.85. The van der Waals surface area contributed by atoms with Crippen LogP contribution < -0.4 is 10.2 Å². The van der Waals surface area contributed by atoms with Gasteiger partial charge in [-0.1, -0.05) is 0 Å². The van der Waals surface area contributed by atoms with Gasteiger partial charge in [-0.15, -0.1) is 0 Å². The number of ether oxygens (including phenoxy) is 1. The Hall–Kier alpha value is -1.40. The number of rotatable bonds is 6. The topological polar surface area (TPSA) is 53.5 Å². The minimum absolute atomic E-state index is 0.389. The smallest absolute Gasteiger partial charge is 0.227 e. The van der Waals surface area contributed by atoms with Crippen molar-refractivity contribution in [3.8, 4) is 0 Å². The number of anilines is 2. The van der Waals surface area contributed by atoms with Gasteiger partial charge >= 0.3 is 0 Å².